The Balaban J connectivity index is 1.99. The molecule has 3 nitrogen and oxygen atoms in total. The van der Waals surface area contributed by atoms with Crippen LogP contribution in [0.25, 0.3) is 0 Å². The van der Waals surface area contributed by atoms with Gasteiger partial charge >= 0.3 is 6.18 Å². The van der Waals surface area contributed by atoms with Gasteiger partial charge in [0.05, 0.1) is 18.3 Å². The molecule has 1 N–H and O–H groups in total. The average molecular weight is 276 g/mol. The van der Waals surface area contributed by atoms with Gasteiger partial charge in [-0.25, -0.2) is 0 Å². The molecule has 1 aromatic rings. The van der Waals surface area contributed by atoms with Crippen molar-refractivity contribution < 1.29 is 27.8 Å². The molecule has 1 aliphatic heterocycles. The van der Waals surface area contributed by atoms with Crippen molar-refractivity contribution in [2.45, 2.75) is 18.7 Å². The van der Waals surface area contributed by atoms with E-state index in [1.165, 1.54) is 18.2 Å². The van der Waals surface area contributed by atoms with Crippen LogP contribution in [0.3, 0.4) is 0 Å². The van der Waals surface area contributed by atoms with Crippen LogP contribution in [0.4, 0.5) is 13.2 Å². The molecule has 1 heterocycles. The van der Waals surface area contributed by atoms with Crippen molar-refractivity contribution >= 4 is 0 Å². The van der Waals surface area contributed by atoms with Crippen molar-refractivity contribution in [2.75, 3.05) is 19.8 Å². The molecule has 1 aliphatic rings. The second-order valence-electron chi connectivity index (χ2n) is 4.50. The lowest BCUT2D eigenvalue weighted by molar-refractivity contribution is -0.139. The first-order valence-electron chi connectivity index (χ1n) is 6.03. The lowest BCUT2D eigenvalue weighted by Crippen LogP contribution is -2.28. The molecule has 1 aromatic carbocycles. The molecule has 2 rings (SSSR count). The minimum Gasteiger partial charge on any atom is -0.490 e. The minimum absolute atomic E-state index is 0.0713. The SMILES string of the molecule is OC(COc1ccccc1C(F)(F)F)C1CCOC1. The highest BCUT2D eigenvalue weighted by Gasteiger charge is 2.34. The standard InChI is InChI=1S/C13H15F3O3/c14-13(15,16)10-3-1-2-4-12(10)19-8-11(17)9-5-6-18-7-9/h1-4,9,11,17H,5-8H2. The van der Waals surface area contributed by atoms with Crippen molar-refractivity contribution in [1.29, 1.82) is 0 Å². The molecule has 0 spiro atoms. The number of para-hydroxylation sites is 1. The summed E-state index contributed by atoms with van der Waals surface area (Å²) < 4.78 is 48.4. The van der Waals surface area contributed by atoms with Crippen LogP contribution in [-0.4, -0.2) is 31.0 Å². The summed E-state index contributed by atoms with van der Waals surface area (Å²) in [5, 5.41) is 9.82. The Morgan fingerprint density at radius 3 is 2.74 bits per heavy atom. The molecule has 0 aromatic heterocycles. The quantitative estimate of drug-likeness (QED) is 0.918. The van der Waals surface area contributed by atoms with Crippen LogP contribution in [0.1, 0.15) is 12.0 Å². The molecule has 0 bridgehead atoms. The summed E-state index contributed by atoms with van der Waals surface area (Å²) in [6, 6.07) is 4.98. The van der Waals surface area contributed by atoms with E-state index in [0.29, 0.717) is 19.6 Å². The molecule has 1 saturated heterocycles. The molecule has 2 unspecified atom stereocenters. The van der Waals surface area contributed by atoms with Crippen LogP contribution in [0.2, 0.25) is 0 Å². The fraction of sp³-hybridized carbons (Fsp3) is 0.538. The van der Waals surface area contributed by atoms with Crippen LogP contribution >= 0.6 is 0 Å². The Hall–Kier alpha value is -1.27. The van der Waals surface area contributed by atoms with Crippen LogP contribution in [0, 0.1) is 5.92 Å². The Morgan fingerprint density at radius 1 is 1.37 bits per heavy atom. The van der Waals surface area contributed by atoms with Crippen LogP contribution in [-0.2, 0) is 10.9 Å². The zero-order valence-electron chi connectivity index (χ0n) is 10.2. The van der Waals surface area contributed by atoms with Gasteiger partial charge in [0.15, 0.2) is 0 Å². The molecule has 0 amide bonds. The van der Waals surface area contributed by atoms with Gasteiger partial charge in [0.25, 0.3) is 0 Å². The third-order valence-corrected chi connectivity index (χ3v) is 3.11. The van der Waals surface area contributed by atoms with Crippen molar-refractivity contribution in [3.8, 4) is 5.75 Å². The van der Waals surface area contributed by atoms with E-state index in [9.17, 15) is 18.3 Å². The predicted octanol–water partition coefficient (Wildman–Crippen LogP) is 2.48. The van der Waals surface area contributed by atoms with E-state index in [0.717, 1.165) is 6.07 Å². The van der Waals surface area contributed by atoms with E-state index in [1.54, 1.807) is 0 Å². The second kappa shape index (κ2) is 5.79. The van der Waals surface area contributed by atoms with Crippen molar-refractivity contribution in [2.24, 2.45) is 5.92 Å². The second-order valence-corrected chi connectivity index (χ2v) is 4.50. The lowest BCUT2D eigenvalue weighted by Gasteiger charge is -2.19. The Kier molecular flexibility index (Phi) is 4.31. The molecular weight excluding hydrogens is 261 g/mol. The molecule has 106 valence electrons. The van der Waals surface area contributed by atoms with Gasteiger partial charge in [-0.1, -0.05) is 12.1 Å². The Bertz CT molecular complexity index is 414. The zero-order valence-corrected chi connectivity index (χ0v) is 10.2. The summed E-state index contributed by atoms with van der Waals surface area (Å²) in [6.07, 6.45) is -4.58. The zero-order chi connectivity index (χ0) is 13.9. The maximum absolute atomic E-state index is 12.7. The van der Waals surface area contributed by atoms with Crippen molar-refractivity contribution in [1.82, 2.24) is 0 Å². The van der Waals surface area contributed by atoms with Crippen LogP contribution < -0.4 is 4.74 Å². The molecule has 0 saturated carbocycles. The molecule has 2 atom stereocenters. The van der Waals surface area contributed by atoms with E-state index in [4.69, 9.17) is 9.47 Å². The van der Waals surface area contributed by atoms with E-state index in [1.807, 2.05) is 0 Å². The summed E-state index contributed by atoms with van der Waals surface area (Å²) in [6.45, 7) is 0.827. The molecule has 19 heavy (non-hydrogen) atoms. The summed E-state index contributed by atoms with van der Waals surface area (Å²) in [7, 11) is 0. The molecular formula is C13H15F3O3. The summed E-state index contributed by atoms with van der Waals surface area (Å²) in [5.41, 5.74) is -0.829. The minimum atomic E-state index is -4.46. The van der Waals surface area contributed by atoms with Crippen LogP contribution in [0.15, 0.2) is 24.3 Å². The first kappa shape index (κ1) is 14.1. The van der Waals surface area contributed by atoms with Crippen LogP contribution in [0.5, 0.6) is 5.75 Å². The fourth-order valence-corrected chi connectivity index (χ4v) is 1.99. The molecule has 1 fully saturated rings. The number of ether oxygens (including phenoxy) is 2. The Morgan fingerprint density at radius 2 is 2.11 bits per heavy atom. The molecule has 0 radical (unpaired) electrons. The maximum Gasteiger partial charge on any atom is 0.419 e. The van der Waals surface area contributed by atoms with Gasteiger partial charge in [-0.15, -0.1) is 0 Å². The number of benzene rings is 1. The number of aliphatic hydroxyl groups is 1. The van der Waals surface area contributed by atoms with Gasteiger partial charge in [-0.05, 0) is 18.6 Å². The first-order chi connectivity index (χ1) is 8.98. The van der Waals surface area contributed by atoms with Gasteiger partial charge in [-0.3, -0.25) is 0 Å². The third-order valence-electron chi connectivity index (χ3n) is 3.11. The fourth-order valence-electron chi connectivity index (χ4n) is 1.99. The van der Waals surface area contributed by atoms with Gasteiger partial charge in [0.1, 0.15) is 12.4 Å². The monoisotopic (exact) mass is 276 g/mol. The predicted molar refractivity (Wildman–Crippen MR) is 61.9 cm³/mol. The summed E-state index contributed by atoms with van der Waals surface area (Å²) in [5.74, 6) is -0.328. The summed E-state index contributed by atoms with van der Waals surface area (Å²) >= 11 is 0. The molecule has 6 heteroatoms. The van der Waals surface area contributed by atoms with Gasteiger partial charge in [-0.2, -0.15) is 13.2 Å². The highest BCUT2D eigenvalue weighted by atomic mass is 19.4. The van der Waals surface area contributed by atoms with Crippen molar-refractivity contribution in [3.63, 3.8) is 0 Å². The number of hydrogen-bond donors (Lipinski definition) is 1. The Labute approximate surface area is 108 Å². The molecule has 0 aliphatic carbocycles. The van der Waals surface area contributed by atoms with Gasteiger partial charge in [0.2, 0.25) is 0 Å². The number of aliphatic hydroxyl groups excluding tert-OH is 1. The summed E-state index contributed by atoms with van der Waals surface area (Å²) in [4.78, 5) is 0. The highest BCUT2D eigenvalue weighted by Crippen LogP contribution is 2.36. The smallest absolute Gasteiger partial charge is 0.419 e. The average Bonchev–Trinajstić information content (AvgIpc) is 2.89. The van der Waals surface area contributed by atoms with E-state index in [-0.39, 0.29) is 18.3 Å². The van der Waals surface area contributed by atoms with Crippen molar-refractivity contribution in [3.05, 3.63) is 29.8 Å². The highest BCUT2D eigenvalue weighted by molar-refractivity contribution is 5.35. The topological polar surface area (TPSA) is 38.7 Å². The maximum atomic E-state index is 12.7. The third kappa shape index (κ3) is 3.61. The van der Waals surface area contributed by atoms with Gasteiger partial charge < -0.3 is 14.6 Å². The largest absolute Gasteiger partial charge is 0.490 e. The first-order valence-corrected chi connectivity index (χ1v) is 6.03. The van der Waals surface area contributed by atoms with E-state index in [2.05, 4.69) is 0 Å². The number of rotatable bonds is 4. The number of hydrogen-bond acceptors (Lipinski definition) is 3. The number of halogens is 3. The number of alkyl halides is 3. The van der Waals surface area contributed by atoms with E-state index >= 15 is 0 Å². The normalized spacial score (nSPS) is 21.4. The lowest BCUT2D eigenvalue weighted by atomic mass is 10.0. The van der Waals surface area contributed by atoms with E-state index < -0.39 is 17.8 Å². The van der Waals surface area contributed by atoms with Gasteiger partial charge in [0, 0.05) is 12.5 Å².